The summed E-state index contributed by atoms with van der Waals surface area (Å²) in [5.74, 6) is 1.85. The molecule has 12 heteroatoms. The summed E-state index contributed by atoms with van der Waals surface area (Å²) in [4.78, 5) is 26.1. The van der Waals surface area contributed by atoms with Gasteiger partial charge in [0.1, 0.15) is 23.9 Å². The lowest BCUT2D eigenvalue weighted by atomic mass is 9.72. The Morgan fingerprint density at radius 1 is 1.14 bits per heavy atom. The van der Waals surface area contributed by atoms with Crippen LogP contribution in [0.25, 0.3) is 22.8 Å². The van der Waals surface area contributed by atoms with Gasteiger partial charge in [-0.2, -0.15) is 5.10 Å². The number of aliphatic hydroxyl groups excluding tert-OH is 1. The Morgan fingerprint density at radius 2 is 1.88 bits per heavy atom. The van der Waals surface area contributed by atoms with Crippen molar-refractivity contribution in [2.75, 3.05) is 44.8 Å². The number of likely N-dealkylation sites (tertiary alicyclic amines) is 1. The quantitative estimate of drug-likeness (QED) is 0.319. The zero-order valence-electron chi connectivity index (χ0n) is 24.6. The van der Waals surface area contributed by atoms with E-state index in [9.17, 15) is 9.90 Å². The Labute approximate surface area is 256 Å². The summed E-state index contributed by atoms with van der Waals surface area (Å²) in [5.41, 5.74) is 3.08. The van der Waals surface area contributed by atoms with E-state index in [1.54, 1.807) is 23.2 Å². The van der Waals surface area contributed by atoms with E-state index in [0.29, 0.717) is 58.9 Å². The van der Waals surface area contributed by atoms with Crippen LogP contribution in [-0.2, 0) is 11.3 Å². The van der Waals surface area contributed by atoms with Crippen molar-refractivity contribution in [3.63, 3.8) is 0 Å². The molecule has 0 saturated carbocycles. The minimum absolute atomic E-state index is 0.121. The maximum absolute atomic E-state index is 12.0. The molecule has 0 bridgehead atoms. The number of carbonyl (C=O) groups excluding carboxylic acids is 1. The summed E-state index contributed by atoms with van der Waals surface area (Å²) < 4.78 is 12.6. The first-order chi connectivity index (χ1) is 20.2. The molecule has 2 aromatic heterocycles. The molecule has 1 amide bonds. The monoisotopic (exact) mass is 616 g/mol. The van der Waals surface area contributed by atoms with E-state index in [1.165, 1.54) is 7.11 Å². The number of aryl methyl sites for hydroxylation is 1. The van der Waals surface area contributed by atoms with Crippen molar-refractivity contribution in [1.82, 2.24) is 24.6 Å². The second kappa shape index (κ2) is 12.7. The highest BCUT2D eigenvalue weighted by atomic mass is 35.5. The normalized spacial score (nSPS) is 16.8. The molecule has 2 saturated heterocycles. The van der Waals surface area contributed by atoms with Gasteiger partial charge in [-0.15, -0.1) is 0 Å². The van der Waals surface area contributed by atoms with E-state index in [1.807, 2.05) is 31.5 Å². The molecule has 226 valence electrons. The average Bonchev–Trinajstić information content (AvgIpc) is 3.35. The molecular weight excluding hydrogens is 579 g/mol. The van der Waals surface area contributed by atoms with Gasteiger partial charge in [0.15, 0.2) is 5.82 Å². The Kier molecular flexibility index (Phi) is 9.15. The van der Waals surface area contributed by atoms with Gasteiger partial charge in [-0.05, 0) is 51.3 Å². The van der Waals surface area contributed by atoms with Gasteiger partial charge in [0.2, 0.25) is 0 Å². The van der Waals surface area contributed by atoms with Crippen LogP contribution in [0.1, 0.15) is 45.1 Å². The number of aliphatic hydroxyl groups is 1. The van der Waals surface area contributed by atoms with Gasteiger partial charge in [-0.25, -0.2) is 14.8 Å². The molecule has 2 fully saturated rings. The number of aromatic nitrogens is 4. The third-order valence-electron chi connectivity index (χ3n) is 8.29. The summed E-state index contributed by atoms with van der Waals surface area (Å²) >= 11 is 13.4. The van der Waals surface area contributed by atoms with Gasteiger partial charge in [-0.1, -0.05) is 36.5 Å². The van der Waals surface area contributed by atoms with E-state index >= 15 is 0 Å². The van der Waals surface area contributed by atoms with E-state index in [2.05, 4.69) is 10.00 Å². The molecule has 1 N–H and O–H groups in total. The highest BCUT2D eigenvalue weighted by molar-refractivity contribution is 6.33. The van der Waals surface area contributed by atoms with E-state index in [-0.39, 0.29) is 18.1 Å². The van der Waals surface area contributed by atoms with E-state index in [0.717, 1.165) is 49.4 Å². The molecule has 1 atom stereocenters. The van der Waals surface area contributed by atoms with Crippen LogP contribution in [0.15, 0.2) is 24.4 Å². The molecule has 0 aliphatic carbocycles. The molecule has 1 aromatic carbocycles. The van der Waals surface area contributed by atoms with Crippen molar-refractivity contribution in [3.05, 3.63) is 40.0 Å². The van der Waals surface area contributed by atoms with Gasteiger partial charge in [-0.3, -0.25) is 4.68 Å². The fraction of sp³-hybridized carbons (Fsp3) is 0.533. The molecule has 4 heterocycles. The van der Waals surface area contributed by atoms with Crippen molar-refractivity contribution in [1.29, 1.82) is 0 Å². The smallest absolute Gasteiger partial charge is 0.409 e. The summed E-state index contributed by atoms with van der Waals surface area (Å²) in [6, 6.07) is 5.36. The Morgan fingerprint density at radius 3 is 2.55 bits per heavy atom. The summed E-state index contributed by atoms with van der Waals surface area (Å²) in [6.45, 7) is 9.88. The highest BCUT2D eigenvalue weighted by Gasteiger charge is 2.47. The first kappa shape index (κ1) is 30.4. The zero-order chi connectivity index (χ0) is 30.0. The summed E-state index contributed by atoms with van der Waals surface area (Å²) in [5, 5.41) is 15.6. The minimum Gasteiger partial charge on any atom is -0.491 e. The average molecular weight is 618 g/mol. The molecule has 2 aliphatic rings. The largest absolute Gasteiger partial charge is 0.491 e. The molecule has 5 rings (SSSR count). The SMILES string of the molecule is CCC[C@@H](O)COc1ccc(Cl)c(-c2nc(-c3c(Cl)cnn3CC)c(C)c(N3CC4(CCN(C(=O)OC)CC4)C3)n2)c1. The van der Waals surface area contributed by atoms with Gasteiger partial charge in [0, 0.05) is 49.3 Å². The van der Waals surface area contributed by atoms with Crippen molar-refractivity contribution in [2.24, 2.45) is 5.41 Å². The first-order valence-electron chi connectivity index (χ1n) is 14.5. The minimum atomic E-state index is -0.544. The predicted molar refractivity (Wildman–Crippen MR) is 163 cm³/mol. The van der Waals surface area contributed by atoms with Crippen LogP contribution in [0, 0.1) is 12.3 Å². The van der Waals surface area contributed by atoms with Crippen LogP contribution in [0.3, 0.4) is 0 Å². The lowest BCUT2D eigenvalue weighted by Crippen LogP contribution is -2.61. The maximum Gasteiger partial charge on any atom is 0.409 e. The number of piperidine rings is 1. The fourth-order valence-corrected chi connectivity index (χ4v) is 6.33. The Hall–Kier alpha value is -3.08. The van der Waals surface area contributed by atoms with Crippen LogP contribution in [0.4, 0.5) is 10.6 Å². The number of amides is 1. The molecule has 2 aliphatic heterocycles. The van der Waals surface area contributed by atoms with Gasteiger partial charge in [0.05, 0.1) is 35.1 Å². The van der Waals surface area contributed by atoms with Crippen LogP contribution < -0.4 is 9.64 Å². The highest BCUT2D eigenvalue weighted by Crippen LogP contribution is 2.45. The third-order valence-corrected chi connectivity index (χ3v) is 8.90. The van der Waals surface area contributed by atoms with Crippen LogP contribution in [0.2, 0.25) is 10.0 Å². The number of ether oxygens (including phenoxy) is 2. The number of nitrogens with zero attached hydrogens (tertiary/aromatic N) is 6. The lowest BCUT2D eigenvalue weighted by Gasteiger charge is -2.54. The maximum atomic E-state index is 12.0. The molecule has 42 heavy (non-hydrogen) atoms. The standard InChI is InChI=1S/C30H38Cl2N6O4/c1-5-7-20(39)16-42-21-8-9-23(31)22(14-21)27-34-25(26-24(32)15-33-38(26)6-2)19(3)28(35-27)37-17-30(18-37)10-12-36(13-11-30)29(40)41-4/h8-9,14-15,20,39H,5-7,10-13,16-18H2,1-4H3/t20-/m1/s1. The van der Waals surface area contributed by atoms with Crippen LogP contribution in [0.5, 0.6) is 5.75 Å². The Balaban J connectivity index is 1.49. The molecule has 0 unspecified atom stereocenters. The number of hydrogen-bond donors (Lipinski definition) is 1. The molecular formula is C30H38Cl2N6O4. The second-order valence-corrected chi connectivity index (χ2v) is 12.0. The van der Waals surface area contributed by atoms with E-state index < -0.39 is 6.10 Å². The van der Waals surface area contributed by atoms with Crippen molar-refractivity contribution in [3.8, 4) is 28.5 Å². The molecule has 1 spiro atoms. The second-order valence-electron chi connectivity index (χ2n) is 11.2. The number of anilines is 1. The number of carbonyl (C=O) groups is 1. The number of halogens is 2. The molecule has 0 radical (unpaired) electrons. The molecule has 3 aromatic rings. The van der Waals surface area contributed by atoms with Gasteiger partial charge in [0.25, 0.3) is 0 Å². The first-order valence-corrected chi connectivity index (χ1v) is 15.2. The van der Waals surface area contributed by atoms with Crippen LogP contribution >= 0.6 is 23.2 Å². The van der Waals surface area contributed by atoms with Crippen molar-refractivity contribution < 1.29 is 19.4 Å². The molecule has 10 nitrogen and oxygen atoms in total. The Bertz CT molecular complexity index is 1430. The number of methoxy groups -OCH3 is 1. The lowest BCUT2D eigenvalue weighted by molar-refractivity contribution is 0.0621. The van der Waals surface area contributed by atoms with Gasteiger partial charge < -0.3 is 24.4 Å². The number of rotatable bonds is 9. The van der Waals surface area contributed by atoms with Crippen LogP contribution in [-0.4, -0.2) is 81.8 Å². The van der Waals surface area contributed by atoms with E-state index in [4.69, 9.17) is 42.6 Å². The third kappa shape index (κ3) is 6.02. The zero-order valence-corrected chi connectivity index (χ0v) is 26.1. The topological polar surface area (TPSA) is 106 Å². The number of hydrogen-bond acceptors (Lipinski definition) is 8. The van der Waals surface area contributed by atoms with Gasteiger partial charge >= 0.3 is 6.09 Å². The number of benzene rings is 1. The summed E-state index contributed by atoms with van der Waals surface area (Å²) in [6.07, 6.45) is 4.18. The van der Waals surface area contributed by atoms with Crippen molar-refractivity contribution in [2.45, 2.75) is 59.1 Å². The summed E-state index contributed by atoms with van der Waals surface area (Å²) in [7, 11) is 1.42. The fourth-order valence-electron chi connectivity index (χ4n) is 5.90. The van der Waals surface area contributed by atoms with Crippen molar-refractivity contribution >= 4 is 35.1 Å². The predicted octanol–water partition coefficient (Wildman–Crippen LogP) is 5.85.